The van der Waals surface area contributed by atoms with Crippen LogP contribution in [0.5, 0.6) is 0 Å². The van der Waals surface area contributed by atoms with E-state index in [4.69, 9.17) is 4.74 Å². The highest BCUT2D eigenvalue weighted by molar-refractivity contribution is 5.78. The van der Waals surface area contributed by atoms with Crippen molar-refractivity contribution in [2.75, 3.05) is 13.1 Å². The zero-order valence-corrected chi connectivity index (χ0v) is 14.4. The van der Waals surface area contributed by atoms with Gasteiger partial charge >= 0.3 is 6.09 Å². The lowest BCUT2D eigenvalue weighted by Crippen LogP contribution is -2.35. The number of aliphatic hydroxyl groups is 1. The SMILES string of the molecule is CC(C)(C)OC(=O)N1CCC(C(O)c2cnc3ccccc3c2)C1. The molecule has 5 nitrogen and oxygen atoms in total. The molecule has 0 aliphatic carbocycles. The van der Waals surface area contributed by atoms with Gasteiger partial charge < -0.3 is 14.7 Å². The first-order chi connectivity index (χ1) is 11.3. The number of ether oxygens (including phenoxy) is 1. The minimum Gasteiger partial charge on any atom is -0.444 e. The standard InChI is InChI=1S/C19H24N2O3/c1-19(2,3)24-18(23)21-9-8-14(12-21)17(22)15-10-13-6-4-5-7-16(13)20-11-15/h4-7,10-11,14,17,22H,8-9,12H2,1-3H3. The van der Waals surface area contributed by atoms with E-state index in [0.29, 0.717) is 13.1 Å². The van der Waals surface area contributed by atoms with Crippen LogP contribution in [0.3, 0.4) is 0 Å². The summed E-state index contributed by atoms with van der Waals surface area (Å²) in [6.45, 7) is 6.68. The molecule has 5 heteroatoms. The van der Waals surface area contributed by atoms with Gasteiger partial charge in [0.2, 0.25) is 0 Å². The second-order valence-corrected chi connectivity index (χ2v) is 7.38. The van der Waals surface area contributed by atoms with Crippen LogP contribution < -0.4 is 0 Å². The molecule has 1 aromatic carbocycles. The summed E-state index contributed by atoms with van der Waals surface area (Å²) in [4.78, 5) is 18.2. The number of para-hydroxylation sites is 1. The smallest absolute Gasteiger partial charge is 0.410 e. The molecule has 1 N–H and O–H groups in total. The molecule has 0 spiro atoms. The Hall–Kier alpha value is -2.14. The van der Waals surface area contributed by atoms with Gasteiger partial charge in [-0.1, -0.05) is 18.2 Å². The molecule has 0 radical (unpaired) electrons. The Morgan fingerprint density at radius 1 is 1.38 bits per heavy atom. The molecular formula is C19H24N2O3. The average Bonchev–Trinajstić information content (AvgIpc) is 3.02. The predicted molar refractivity (Wildman–Crippen MR) is 92.6 cm³/mol. The second-order valence-electron chi connectivity index (χ2n) is 7.38. The van der Waals surface area contributed by atoms with Gasteiger partial charge in [0, 0.05) is 30.6 Å². The molecule has 2 aromatic rings. The van der Waals surface area contributed by atoms with E-state index in [1.807, 2.05) is 51.1 Å². The number of benzene rings is 1. The minimum absolute atomic E-state index is 0.000445. The number of amides is 1. The summed E-state index contributed by atoms with van der Waals surface area (Å²) < 4.78 is 5.41. The van der Waals surface area contributed by atoms with Gasteiger partial charge in [-0.05, 0) is 44.9 Å². The number of pyridine rings is 1. The topological polar surface area (TPSA) is 62.7 Å². The van der Waals surface area contributed by atoms with Crippen molar-refractivity contribution >= 4 is 17.0 Å². The highest BCUT2D eigenvalue weighted by Gasteiger charge is 2.34. The molecule has 1 aromatic heterocycles. The molecule has 3 rings (SSSR count). The third-order valence-electron chi connectivity index (χ3n) is 4.28. The zero-order valence-electron chi connectivity index (χ0n) is 14.4. The van der Waals surface area contributed by atoms with Gasteiger partial charge in [-0.25, -0.2) is 4.79 Å². The molecule has 1 saturated heterocycles. The van der Waals surface area contributed by atoms with Crippen molar-refractivity contribution in [3.05, 3.63) is 42.1 Å². The Morgan fingerprint density at radius 3 is 2.88 bits per heavy atom. The van der Waals surface area contributed by atoms with E-state index in [1.54, 1.807) is 11.1 Å². The number of hydrogen-bond acceptors (Lipinski definition) is 4. The Morgan fingerprint density at radius 2 is 2.12 bits per heavy atom. The van der Waals surface area contributed by atoms with Crippen molar-refractivity contribution in [2.24, 2.45) is 5.92 Å². The van der Waals surface area contributed by atoms with Crippen molar-refractivity contribution < 1.29 is 14.6 Å². The summed E-state index contributed by atoms with van der Waals surface area (Å²) in [5, 5.41) is 11.7. The molecule has 1 aliphatic heterocycles. The summed E-state index contributed by atoms with van der Waals surface area (Å²) in [6.07, 6.45) is 1.54. The molecule has 1 fully saturated rings. The Kier molecular flexibility index (Phi) is 4.45. The maximum absolute atomic E-state index is 12.2. The van der Waals surface area contributed by atoms with Crippen molar-refractivity contribution in [1.29, 1.82) is 0 Å². The fraction of sp³-hybridized carbons (Fsp3) is 0.474. The number of aliphatic hydroxyl groups excluding tert-OH is 1. The van der Waals surface area contributed by atoms with Crippen molar-refractivity contribution in [3.8, 4) is 0 Å². The molecular weight excluding hydrogens is 304 g/mol. The van der Waals surface area contributed by atoms with Gasteiger partial charge in [0.25, 0.3) is 0 Å². The van der Waals surface area contributed by atoms with Crippen LogP contribution in [0.25, 0.3) is 10.9 Å². The van der Waals surface area contributed by atoms with Crippen molar-refractivity contribution in [3.63, 3.8) is 0 Å². The molecule has 1 aliphatic rings. The first-order valence-electron chi connectivity index (χ1n) is 8.34. The van der Waals surface area contributed by atoms with E-state index in [0.717, 1.165) is 22.9 Å². The average molecular weight is 328 g/mol. The number of hydrogen-bond donors (Lipinski definition) is 1. The van der Waals surface area contributed by atoms with Gasteiger partial charge in [0.15, 0.2) is 0 Å². The highest BCUT2D eigenvalue weighted by Crippen LogP contribution is 2.31. The normalized spacial score (nSPS) is 19.5. The molecule has 24 heavy (non-hydrogen) atoms. The number of aromatic nitrogens is 1. The van der Waals surface area contributed by atoms with E-state index in [-0.39, 0.29) is 12.0 Å². The fourth-order valence-electron chi connectivity index (χ4n) is 3.06. The monoisotopic (exact) mass is 328 g/mol. The van der Waals surface area contributed by atoms with E-state index in [9.17, 15) is 9.90 Å². The first kappa shape index (κ1) is 16.7. The predicted octanol–water partition coefficient (Wildman–Crippen LogP) is 3.53. The van der Waals surface area contributed by atoms with Crippen LogP contribution in [0.1, 0.15) is 38.9 Å². The maximum atomic E-state index is 12.2. The van der Waals surface area contributed by atoms with Gasteiger partial charge in [0.1, 0.15) is 5.60 Å². The quantitative estimate of drug-likeness (QED) is 0.916. The van der Waals surface area contributed by atoms with Crippen LogP contribution >= 0.6 is 0 Å². The minimum atomic E-state index is -0.630. The summed E-state index contributed by atoms with van der Waals surface area (Å²) >= 11 is 0. The van der Waals surface area contributed by atoms with Crippen LogP contribution in [-0.4, -0.2) is 39.8 Å². The summed E-state index contributed by atoms with van der Waals surface area (Å²) in [5.74, 6) is 0.000445. The Labute approximate surface area is 142 Å². The third kappa shape index (κ3) is 3.67. The van der Waals surface area contributed by atoms with Crippen LogP contribution in [-0.2, 0) is 4.74 Å². The number of rotatable bonds is 2. The van der Waals surface area contributed by atoms with Gasteiger partial charge in [-0.2, -0.15) is 0 Å². The van der Waals surface area contributed by atoms with Crippen LogP contribution in [0.4, 0.5) is 4.79 Å². The Bertz CT molecular complexity index is 739. The molecule has 2 unspecified atom stereocenters. The van der Waals surface area contributed by atoms with Gasteiger partial charge in [-0.15, -0.1) is 0 Å². The zero-order chi connectivity index (χ0) is 17.3. The maximum Gasteiger partial charge on any atom is 0.410 e. The lowest BCUT2D eigenvalue weighted by molar-refractivity contribution is 0.0268. The van der Waals surface area contributed by atoms with E-state index in [1.165, 1.54) is 0 Å². The van der Waals surface area contributed by atoms with Crippen LogP contribution in [0, 0.1) is 5.92 Å². The van der Waals surface area contributed by atoms with Crippen molar-refractivity contribution in [1.82, 2.24) is 9.88 Å². The molecule has 0 bridgehead atoms. The number of carbonyl (C=O) groups is 1. The van der Waals surface area contributed by atoms with Gasteiger partial charge in [0.05, 0.1) is 11.6 Å². The van der Waals surface area contributed by atoms with Crippen LogP contribution in [0.15, 0.2) is 36.5 Å². The third-order valence-corrected chi connectivity index (χ3v) is 4.28. The molecule has 0 saturated carbocycles. The molecule has 128 valence electrons. The fourth-order valence-corrected chi connectivity index (χ4v) is 3.06. The van der Waals surface area contributed by atoms with E-state index in [2.05, 4.69) is 4.98 Å². The molecule has 2 atom stereocenters. The van der Waals surface area contributed by atoms with E-state index < -0.39 is 11.7 Å². The van der Waals surface area contributed by atoms with Crippen molar-refractivity contribution in [2.45, 2.75) is 38.9 Å². The summed E-state index contributed by atoms with van der Waals surface area (Å²) in [7, 11) is 0. The highest BCUT2D eigenvalue weighted by atomic mass is 16.6. The summed E-state index contributed by atoms with van der Waals surface area (Å²) in [5.41, 5.74) is 1.20. The summed E-state index contributed by atoms with van der Waals surface area (Å²) in [6, 6.07) is 9.82. The first-order valence-corrected chi connectivity index (χ1v) is 8.34. The van der Waals surface area contributed by atoms with Crippen LogP contribution in [0.2, 0.25) is 0 Å². The van der Waals surface area contributed by atoms with Gasteiger partial charge in [-0.3, -0.25) is 4.98 Å². The molecule has 1 amide bonds. The lowest BCUT2D eigenvalue weighted by Gasteiger charge is -2.25. The number of nitrogens with zero attached hydrogens (tertiary/aromatic N) is 2. The second kappa shape index (κ2) is 6.40. The number of carbonyl (C=O) groups excluding carboxylic acids is 1. The van der Waals surface area contributed by atoms with E-state index >= 15 is 0 Å². The largest absolute Gasteiger partial charge is 0.444 e. The number of fused-ring (bicyclic) bond motifs is 1. The Balaban J connectivity index is 1.69. The lowest BCUT2D eigenvalue weighted by atomic mass is 9.95. The number of likely N-dealkylation sites (tertiary alicyclic amines) is 1. The molecule has 2 heterocycles.